The fourth-order valence-corrected chi connectivity index (χ4v) is 3.57. The van der Waals surface area contributed by atoms with Gasteiger partial charge < -0.3 is 14.4 Å². The summed E-state index contributed by atoms with van der Waals surface area (Å²) in [6, 6.07) is 0. The molecule has 1 saturated heterocycles. The van der Waals surface area contributed by atoms with Crippen molar-refractivity contribution in [1.29, 1.82) is 0 Å². The maximum Gasteiger partial charge on any atom is 0.127 e. The lowest BCUT2D eigenvalue weighted by Gasteiger charge is -2.41. The Labute approximate surface area is 117 Å². The lowest BCUT2D eigenvalue weighted by molar-refractivity contribution is -0.120. The highest BCUT2D eigenvalue weighted by Gasteiger charge is 2.36. The predicted octanol–water partition coefficient (Wildman–Crippen LogP) is 2.88. The van der Waals surface area contributed by atoms with E-state index in [1.54, 1.807) is 0 Å². The summed E-state index contributed by atoms with van der Waals surface area (Å²) in [5.41, 5.74) is -0.0506. The maximum atomic E-state index is 11.6. The zero-order valence-corrected chi connectivity index (χ0v) is 12.6. The third-order valence-corrected chi connectivity index (χ3v) is 5.00. The highest BCUT2D eigenvalue weighted by atomic mass is 16.5. The van der Waals surface area contributed by atoms with Gasteiger partial charge >= 0.3 is 0 Å². The Balaban J connectivity index is 1.81. The number of carbonyl (C=O) groups is 1. The molecule has 1 aliphatic carbocycles. The highest BCUT2D eigenvalue weighted by Crippen LogP contribution is 2.38. The molecule has 0 aromatic heterocycles. The second-order valence-electron chi connectivity index (χ2n) is 6.59. The van der Waals surface area contributed by atoms with E-state index in [4.69, 9.17) is 4.74 Å². The van der Waals surface area contributed by atoms with Crippen molar-refractivity contribution in [3.05, 3.63) is 0 Å². The Morgan fingerprint density at radius 3 is 2.37 bits per heavy atom. The van der Waals surface area contributed by atoms with Crippen molar-refractivity contribution in [2.24, 2.45) is 11.3 Å². The zero-order valence-electron chi connectivity index (χ0n) is 12.6. The van der Waals surface area contributed by atoms with Crippen LogP contribution in [0.1, 0.15) is 52.4 Å². The molecule has 0 spiro atoms. The molecule has 2 aliphatic rings. The normalized spacial score (nSPS) is 34.3. The van der Waals surface area contributed by atoms with Gasteiger partial charge in [0.05, 0.1) is 6.10 Å². The van der Waals surface area contributed by atoms with Crippen molar-refractivity contribution in [2.45, 2.75) is 58.5 Å². The molecule has 0 radical (unpaired) electrons. The molecule has 0 aromatic rings. The molecule has 0 N–H and O–H groups in total. The van der Waals surface area contributed by atoms with Crippen LogP contribution in [0, 0.1) is 11.3 Å². The number of aldehydes is 1. The first-order valence-corrected chi connectivity index (χ1v) is 7.98. The first kappa shape index (κ1) is 15.0. The van der Waals surface area contributed by atoms with Crippen molar-refractivity contribution in [1.82, 2.24) is 4.90 Å². The molecule has 1 saturated carbocycles. The van der Waals surface area contributed by atoms with Gasteiger partial charge in [-0.2, -0.15) is 0 Å². The molecule has 19 heavy (non-hydrogen) atoms. The molecule has 0 amide bonds. The summed E-state index contributed by atoms with van der Waals surface area (Å²) < 4.78 is 5.69. The zero-order chi connectivity index (χ0) is 13.7. The van der Waals surface area contributed by atoms with E-state index in [1.807, 2.05) is 0 Å². The molecule has 3 nitrogen and oxygen atoms in total. The molecule has 1 aliphatic heterocycles. The number of carbonyl (C=O) groups excluding carboxylic acids is 1. The van der Waals surface area contributed by atoms with Crippen LogP contribution >= 0.6 is 0 Å². The van der Waals surface area contributed by atoms with Crippen molar-refractivity contribution >= 4 is 6.29 Å². The number of likely N-dealkylation sites (tertiary alicyclic amines) is 1. The number of hydrogen-bond acceptors (Lipinski definition) is 3. The largest absolute Gasteiger partial charge is 0.378 e. The molecule has 3 heteroatoms. The topological polar surface area (TPSA) is 29.5 Å². The van der Waals surface area contributed by atoms with Crippen molar-refractivity contribution in [3.8, 4) is 0 Å². The SMILES string of the molecule is CCOC1CCN(CC2(C=O)CCC(C)CC2)CC1. The van der Waals surface area contributed by atoms with Crippen LogP contribution in [-0.4, -0.2) is 43.5 Å². The smallest absolute Gasteiger partial charge is 0.127 e. The van der Waals surface area contributed by atoms with Crippen molar-refractivity contribution < 1.29 is 9.53 Å². The molecule has 110 valence electrons. The van der Waals surface area contributed by atoms with Crippen LogP contribution in [0.3, 0.4) is 0 Å². The Morgan fingerprint density at radius 1 is 1.21 bits per heavy atom. The van der Waals surface area contributed by atoms with E-state index in [0.29, 0.717) is 6.10 Å². The van der Waals surface area contributed by atoms with Gasteiger partial charge in [-0.05, 0) is 51.4 Å². The second kappa shape index (κ2) is 6.85. The fourth-order valence-electron chi connectivity index (χ4n) is 3.57. The predicted molar refractivity (Wildman–Crippen MR) is 77.2 cm³/mol. The van der Waals surface area contributed by atoms with Crippen molar-refractivity contribution in [3.63, 3.8) is 0 Å². The van der Waals surface area contributed by atoms with Crippen LogP contribution in [0.25, 0.3) is 0 Å². The average molecular weight is 267 g/mol. The van der Waals surface area contributed by atoms with E-state index in [2.05, 4.69) is 18.7 Å². The summed E-state index contributed by atoms with van der Waals surface area (Å²) in [5, 5.41) is 0. The van der Waals surface area contributed by atoms with Crippen LogP contribution in [-0.2, 0) is 9.53 Å². The standard InChI is InChI=1S/C16H29NO2/c1-3-19-15-6-10-17(11-7-15)12-16(13-18)8-4-14(2)5-9-16/h13-15H,3-12H2,1-2H3. The molecule has 0 unspecified atom stereocenters. The van der Waals surface area contributed by atoms with Gasteiger partial charge in [0.15, 0.2) is 0 Å². The Hall–Kier alpha value is -0.410. The lowest BCUT2D eigenvalue weighted by atomic mass is 9.71. The van der Waals surface area contributed by atoms with E-state index in [1.165, 1.54) is 19.1 Å². The van der Waals surface area contributed by atoms with Crippen LogP contribution in [0.15, 0.2) is 0 Å². The summed E-state index contributed by atoms with van der Waals surface area (Å²) in [6.45, 7) is 8.35. The van der Waals surface area contributed by atoms with Gasteiger partial charge in [-0.1, -0.05) is 6.92 Å². The minimum absolute atomic E-state index is 0.0506. The minimum atomic E-state index is -0.0506. The maximum absolute atomic E-state index is 11.6. The molecule has 2 fully saturated rings. The summed E-state index contributed by atoms with van der Waals surface area (Å²) in [7, 11) is 0. The number of rotatable bonds is 5. The van der Waals surface area contributed by atoms with Gasteiger partial charge in [-0.25, -0.2) is 0 Å². The van der Waals surface area contributed by atoms with E-state index in [9.17, 15) is 4.79 Å². The fraction of sp³-hybridized carbons (Fsp3) is 0.938. The molecule has 0 bridgehead atoms. The molecular weight excluding hydrogens is 238 g/mol. The van der Waals surface area contributed by atoms with Crippen LogP contribution in [0.2, 0.25) is 0 Å². The first-order chi connectivity index (χ1) is 9.17. The van der Waals surface area contributed by atoms with E-state index < -0.39 is 0 Å². The number of piperidine rings is 1. The number of hydrogen-bond donors (Lipinski definition) is 0. The van der Waals surface area contributed by atoms with E-state index in [-0.39, 0.29) is 5.41 Å². The van der Waals surface area contributed by atoms with Gasteiger partial charge in [-0.15, -0.1) is 0 Å². The Morgan fingerprint density at radius 2 is 1.84 bits per heavy atom. The van der Waals surface area contributed by atoms with Gasteiger partial charge in [-0.3, -0.25) is 0 Å². The molecule has 0 atom stereocenters. The Kier molecular flexibility index (Phi) is 5.40. The van der Waals surface area contributed by atoms with Crippen LogP contribution < -0.4 is 0 Å². The van der Waals surface area contributed by atoms with Crippen LogP contribution in [0.5, 0.6) is 0 Å². The van der Waals surface area contributed by atoms with Crippen LogP contribution in [0.4, 0.5) is 0 Å². The van der Waals surface area contributed by atoms with Gasteiger partial charge in [0.1, 0.15) is 6.29 Å². The third-order valence-electron chi connectivity index (χ3n) is 5.00. The molecule has 2 rings (SSSR count). The molecular formula is C16H29NO2. The second-order valence-corrected chi connectivity index (χ2v) is 6.59. The summed E-state index contributed by atoms with van der Waals surface area (Å²) in [4.78, 5) is 14.1. The van der Waals surface area contributed by atoms with Gasteiger partial charge in [0.25, 0.3) is 0 Å². The van der Waals surface area contributed by atoms with Gasteiger partial charge in [0, 0.05) is 31.7 Å². The average Bonchev–Trinajstić information content (AvgIpc) is 2.44. The third kappa shape index (κ3) is 4.03. The molecule has 0 aromatic carbocycles. The number of ether oxygens (including phenoxy) is 1. The highest BCUT2D eigenvalue weighted by molar-refractivity contribution is 5.60. The lowest BCUT2D eigenvalue weighted by Crippen LogP contribution is -2.45. The monoisotopic (exact) mass is 267 g/mol. The van der Waals surface area contributed by atoms with Crippen molar-refractivity contribution in [2.75, 3.05) is 26.2 Å². The summed E-state index contributed by atoms with van der Waals surface area (Å²) in [5.74, 6) is 0.803. The summed E-state index contributed by atoms with van der Waals surface area (Å²) >= 11 is 0. The van der Waals surface area contributed by atoms with E-state index in [0.717, 1.165) is 57.8 Å². The molecule has 1 heterocycles. The first-order valence-electron chi connectivity index (χ1n) is 7.98. The minimum Gasteiger partial charge on any atom is -0.378 e. The van der Waals surface area contributed by atoms with E-state index >= 15 is 0 Å². The van der Waals surface area contributed by atoms with Gasteiger partial charge in [0.2, 0.25) is 0 Å². The number of nitrogens with zero attached hydrogens (tertiary/aromatic N) is 1. The Bertz CT molecular complexity index is 276. The quantitative estimate of drug-likeness (QED) is 0.717. The summed E-state index contributed by atoms with van der Waals surface area (Å²) in [6.07, 6.45) is 8.56.